The molecule has 0 aromatic rings. The van der Waals surface area contributed by atoms with Gasteiger partial charge >= 0.3 is 5.97 Å². The van der Waals surface area contributed by atoms with Crippen molar-refractivity contribution in [1.82, 2.24) is 0 Å². The van der Waals surface area contributed by atoms with Crippen molar-refractivity contribution >= 4 is 28.6 Å². The predicted octanol–water partition coefficient (Wildman–Crippen LogP) is 6.03. The summed E-state index contributed by atoms with van der Waals surface area (Å²) in [5.41, 5.74) is 0.672. The second kappa shape index (κ2) is 10.0. The zero-order valence-electron chi connectivity index (χ0n) is 20.7. The molecule has 0 amide bonds. The Balaban J connectivity index is 1.48. The van der Waals surface area contributed by atoms with Crippen molar-refractivity contribution in [1.29, 1.82) is 0 Å². The molecule has 0 aromatic carbocycles. The molecule has 0 saturated heterocycles. The molecule has 4 aliphatic rings. The molecule has 4 saturated carbocycles. The van der Waals surface area contributed by atoms with Crippen molar-refractivity contribution in [3.63, 3.8) is 0 Å². The third-order valence-corrected chi connectivity index (χ3v) is 11.3. The summed E-state index contributed by atoms with van der Waals surface area (Å²) in [6.45, 7) is 8.29. The average molecular weight is 561 g/mol. The summed E-state index contributed by atoms with van der Waals surface area (Å²) < 4.78 is 12.1. The Morgan fingerprint density at radius 2 is 1.81 bits per heavy atom. The van der Waals surface area contributed by atoms with Crippen molar-refractivity contribution < 1.29 is 19.4 Å². The van der Waals surface area contributed by atoms with E-state index < -0.39 is 0 Å². The van der Waals surface area contributed by atoms with E-state index in [-0.39, 0.29) is 12.1 Å². The van der Waals surface area contributed by atoms with E-state index in [0.717, 1.165) is 30.3 Å². The van der Waals surface area contributed by atoms with Crippen LogP contribution in [0.3, 0.4) is 0 Å². The lowest BCUT2D eigenvalue weighted by Gasteiger charge is -2.62. The number of fused-ring (bicyclic) bond motifs is 5. The summed E-state index contributed by atoms with van der Waals surface area (Å²) >= 11 is 2.40. The Bertz CT molecular complexity index is 670. The molecule has 184 valence electrons. The summed E-state index contributed by atoms with van der Waals surface area (Å²) in [6, 6.07) is 0. The van der Waals surface area contributed by atoms with Crippen molar-refractivity contribution in [2.24, 2.45) is 46.3 Å². The number of aliphatic hydroxyl groups excluding tert-OH is 1. The minimum Gasteiger partial charge on any atom is -0.469 e. The molecule has 4 fully saturated rings. The summed E-state index contributed by atoms with van der Waals surface area (Å²) in [5.74, 6) is 3.46. The van der Waals surface area contributed by atoms with E-state index in [4.69, 9.17) is 9.47 Å². The summed E-state index contributed by atoms with van der Waals surface area (Å²) in [6.07, 6.45) is 11.3. The van der Waals surface area contributed by atoms with E-state index in [9.17, 15) is 9.90 Å². The van der Waals surface area contributed by atoms with E-state index in [0.29, 0.717) is 58.9 Å². The molecular formula is C27H45IO4. The Kier molecular flexibility index (Phi) is 7.89. The maximum atomic E-state index is 11.7. The van der Waals surface area contributed by atoms with E-state index in [1.165, 1.54) is 45.6 Å². The van der Waals surface area contributed by atoms with E-state index >= 15 is 0 Å². The minimum absolute atomic E-state index is 0.0833. The molecule has 4 aliphatic carbocycles. The summed E-state index contributed by atoms with van der Waals surface area (Å²) in [5, 5.41) is 11.5. The van der Waals surface area contributed by atoms with Gasteiger partial charge in [-0.3, -0.25) is 4.79 Å². The van der Waals surface area contributed by atoms with E-state index in [1.807, 2.05) is 0 Å². The maximum absolute atomic E-state index is 11.7. The highest BCUT2D eigenvalue weighted by Crippen LogP contribution is 2.68. The van der Waals surface area contributed by atoms with Gasteiger partial charge in [0.05, 0.1) is 25.9 Å². The second-order valence-electron chi connectivity index (χ2n) is 12.1. The van der Waals surface area contributed by atoms with Crippen molar-refractivity contribution in [3.8, 4) is 0 Å². The largest absolute Gasteiger partial charge is 0.469 e. The molecule has 0 aliphatic heterocycles. The molecular weight excluding hydrogens is 515 g/mol. The first-order chi connectivity index (χ1) is 15.2. The molecule has 0 radical (unpaired) electrons. The van der Waals surface area contributed by atoms with Crippen LogP contribution in [0.1, 0.15) is 85.0 Å². The number of rotatable bonds is 7. The Morgan fingerprint density at radius 3 is 2.53 bits per heavy atom. The maximum Gasteiger partial charge on any atom is 0.305 e. The molecule has 0 spiro atoms. The summed E-state index contributed by atoms with van der Waals surface area (Å²) in [4.78, 5) is 11.7. The third kappa shape index (κ3) is 4.41. The number of hydrogen-bond acceptors (Lipinski definition) is 4. The van der Waals surface area contributed by atoms with Crippen LogP contribution in [-0.2, 0) is 14.3 Å². The van der Waals surface area contributed by atoms with Crippen molar-refractivity contribution in [3.05, 3.63) is 0 Å². The predicted molar refractivity (Wildman–Crippen MR) is 136 cm³/mol. The average Bonchev–Trinajstić information content (AvgIpc) is 3.13. The third-order valence-electron chi connectivity index (χ3n) is 10.9. The highest BCUT2D eigenvalue weighted by molar-refractivity contribution is 14.1. The Labute approximate surface area is 209 Å². The standard InChI is InChI=1S/C27H45IO4/c1-17(5-8-24(30)31-4)20-6-7-21-25-22(10-12-27(20,21)3)26(2)11-9-19(32-14-13-28)15-18(26)16-23(25)29/h17-23,25,29H,5-16H2,1-4H3/t17-,18+,19+,20-,21+,22+,23-,25+,26+,27-/m1/s1. The second-order valence-corrected chi connectivity index (χ2v) is 13.2. The number of ether oxygens (including phenoxy) is 2. The lowest BCUT2D eigenvalue weighted by atomic mass is 9.43. The number of carbonyl (C=O) groups is 1. The number of aliphatic hydroxyl groups is 1. The van der Waals surface area contributed by atoms with Gasteiger partial charge in [-0.15, -0.1) is 0 Å². The molecule has 5 heteroatoms. The molecule has 0 aromatic heterocycles. The fourth-order valence-corrected chi connectivity index (χ4v) is 9.42. The van der Waals surface area contributed by atoms with Gasteiger partial charge in [-0.2, -0.15) is 0 Å². The van der Waals surface area contributed by atoms with Gasteiger partial charge in [0.2, 0.25) is 0 Å². The highest BCUT2D eigenvalue weighted by atomic mass is 127. The van der Waals surface area contributed by atoms with E-state index in [1.54, 1.807) is 0 Å². The first-order valence-electron chi connectivity index (χ1n) is 13.2. The fraction of sp³-hybridized carbons (Fsp3) is 0.963. The van der Waals surface area contributed by atoms with Crippen LogP contribution in [0.2, 0.25) is 0 Å². The van der Waals surface area contributed by atoms with Gasteiger partial charge in [-0.05, 0) is 104 Å². The number of hydrogen-bond donors (Lipinski definition) is 1. The quantitative estimate of drug-likeness (QED) is 0.235. The van der Waals surface area contributed by atoms with Gasteiger partial charge in [0.15, 0.2) is 0 Å². The van der Waals surface area contributed by atoms with Crippen LogP contribution in [0.5, 0.6) is 0 Å². The van der Waals surface area contributed by atoms with Gasteiger partial charge in [0.1, 0.15) is 0 Å². The van der Waals surface area contributed by atoms with Crippen LogP contribution in [0, 0.1) is 46.3 Å². The molecule has 1 N–H and O–H groups in total. The first kappa shape index (κ1) is 25.2. The molecule has 0 bridgehead atoms. The van der Waals surface area contributed by atoms with Gasteiger partial charge in [-0.1, -0.05) is 43.4 Å². The lowest BCUT2D eigenvalue weighted by Crippen LogP contribution is -2.58. The van der Waals surface area contributed by atoms with Crippen LogP contribution < -0.4 is 0 Å². The molecule has 4 nitrogen and oxygen atoms in total. The number of methoxy groups -OCH3 is 1. The number of carbonyl (C=O) groups excluding carboxylic acids is 1. The van der Waals surface area contributed by atoms with Gasteiger partial charge < -0.3 is 14.6 Å². The Hall–Kier alpha value is 0.120. The minimum atomic E-state index is -0.157. The van der Waals surface area contributed by atoms with E-state index in [2.05, 4.69) is 43.4 Å². The molecule has 4 rings (SSSR count). The topological polar surface area (TPSA) is 55.8 Å². The lowest BCUT2D eigenvalue weighted by molar-refractivity contribution is -0.177. The molecule has 10 atom stereocenters. The molecule has 0 heterocycles. The fourth-order valence-electron chi connectivity index (χ4n) is 9.17. The normalized spacial score (nSPS) is 46.6. The zero-order valence-corrected chi connectivity index (χ0v) is 22.8. The zero-order chi connectivity index (χ0) is 23.1. The number of alkyl halides is 1. The molecule has 0 unspecified atom stereocenters. The number of halogens is 1. The van der Waals surface area contributed by atoms with Crippen LogP contribution in [-0.4, -0.2) is 41.4 Å². The Morgan fingerprint density at radius 1 is 1.09 bits per heavy atom. The van der Waals surface area contributed by atoms with Crippen molar-refractivity contribution in [2.75, 3.05) is 18.1 Å². The van der Waals surface area contributed by atoms with Crippen molar-refractivity contribution in [2.45, 2.75) is 97.2 Å². The molecule has 32 heavy (non-hydrogen) atoms. The summed E-state index contributed by atoms with van der Waals surface area (Å²) in [7, 11) is 1.49. The number of esters is 1. The monoisotopic (exact) mass is 560 g/mol. The van der Waals surface area contributed by atoms with Crippen LogP contribution >= 0.6 is 22.6 Å². The smallest absolute Gasteiger partial charge is 0.305 e. The first-order valence-corrected chi connectivity index (χ1v) is 14.7. The van der Waals surface area contributed by atoms with Crippen LogP contribution in [0.25, 0.3) is 0 Å². The van der Waals surface area contributed by atoms with Gasteiger partial charge in [0, 0.05) is 10.8 Å². The SMILES string of the molecule is COC(=O)CC[C@@H](C)[C@H]1CC[C@H]2[C@@H]3[C@H](O)C[C@@H]4C[C@@H](OCCI)CC[C@]4(C)[C@H]3CC[C@]12C. The van der Waals surface area contributed by atoms with Crippen LogP contribution in [0.4, 0.5) is 0 Å². The van der Waals surface area contributed by atoms with Gasteiger partial charge in [-0.25, -0.2) is 0 Å². The highest BCUT2D eigenvalue weighted by Gasteiger charge is 2.62. The van der Waals surface area contributed by atoms with Crippen LogP contribution in [0.15, 0.2) is 0 Å². The van der Waals surface area contributed by atoms with Gasteiger partial charge in [0.25, 0.3) is 0 Å².